The van der Waals surface area contributed by atoms with Crippen LogP contribution in [-0.4, -0.2) is 31.3 Å². The van der Waals surface area contributed by atoms with Crippen molar-refractivity contribution in [1.29, 1.82) is 0 Å². The second kappa shape index (κ2) is 7.37. The lowest BCUT2D eigenvalue weighted by Crippen LogP contribution is -2.17. The molecule has 1 N–H and O–H groups in total. The fourth-order valence-corrected chi connectivity index (χ4v) is 3.81. The Morgan fingerprint density at radius 1 is 1.26 bits per heavy atom. The molecule has 0 fully saturated rings. The number of para-hydroxylation sites is 1. The first kappa shape index (κ1) is 18.9. The van der Waals surface area contributed by atoms with Gasteiger partial charge in [0.15, 0.2) is 0 Å². The lowest BCUT2D eigenvalue weighted by molar-refractivity contribution is 0.0596. The minimum absolute atomic E-state index is 0.106. The van der Waals surface area contributed by atoms with Crippen molar-refractivity contribution >= 4 is 33.3 Å². The number of nitrogens with zero attached hydrogens (tertiary/aromatic N) is 2. The van der Waals surface area contributed by atoms with Gasteiger partial charge in [0, 0.05) is 0 Å². The molecule has 3 aromatic rings. The van der Waals surface area contributed by atoms with Gasteiger partial charge in [-0.1, -0.05) is 23.7 Å². The molecule has 27 heavy (non-hydrogen) atoms. The Hall–Kier alpha value is -2.91. The third kappa shape index (κ3) is 3.93. The maximum absolute atomic E-state index is 13.6. The molecule has 3 rings (SSSR count). The molecule has 0 bridgehead atoms. The van der Waals surface area contributed by atoms with Crippen molar-refractivity contribution in [3.8, 4) is 5.69 Å². The normalized spacial score (nSPS) is 11.2. The van der Waals surface area contributed by atoms with Crippen LogP contribution in [0.5, 0.6) is 0 Å². The van der Waals surface area contributed by atoms with Crippen molar-refractivity contribution in [2.75, 3.05) is 11.8 Å². The number of halogens is 2. The number of aromatic nitrogens is 2. The van der Waals surface area contributed by atoms with Gasteiger partial charge in [0.1, 0.15) is 10.7 Å². The van der Waals surface area contributed by atoms with Crippen LogP contribution in [0.25, 0.3) is 5.69 Å². The zero-order chi connectivity index (χ0) is 19.6. The highest BCUT2D eigenvalue weighted by Crippen LogP contribution is 2.24. The number of carbonyl (C=O) groups is 1. The second-order valence-electron chi connectivity index (χ2n) is 5.36. The summed E-state index contributed by atoms with van der Waals surface area (Å²) in [4.78, 5) is 11.3. The molecule has 1 heterocycles. The molecule has 0 atom stereocenters. The molecule has 0 saturated carbocycles. The topological polar surface area (TPSA) is 90.3 Å². The molecule has 0 aliphatic heterocycles. The van der Waals surface area contributed by atoms with Crippen LogP contribution in [0.4, 0.5) is 10.1 Å². The van der Waals surface area contributed by atoms with Gasteiger partial charge in [-0.05, 0) is 30.3 Å². The lowest BCUT2D eigenvalue weighted by Gasteiger charge is -2.10. The average molecular weight is 410 g/mol. The smallest absolute Gasteiger partial charge is 0.339 e. The summed E-state index contributed by atoms with van der Waals surface area (Å²) in [5.41, 5.74) is 0.366. The van der Waals surface area contributed by atoms with Crippen molar-refractivity contribution in [2.45, 2.75) is 4.90 Å². The Labute approximate surface area is 159 Å². The molecule has 10 heteroatoms. The Bertz CT molecular complexity index is 1110. The Morgan fingerprint density at radius 3 is 2.70 bits per heavy atom. The third-order valence-electron chi connectivity index (χ3n) is 3.57. The highest BCUT2D eigenvalue weighted by atomic mass is 35.5. The maximum atomic E-state index is 13.6. The first-order valence-electron chi connectivity index (χ1n) is 7.52. The van der Waals surface area contributed by atoms with Crippen molar-refractivity contribution in [1.82, 2.24) is 9.78 Å². The van der Waals surface area contributed by atoms with Gasteiger partial charge in [-0.3, -0.25) is 4.72 Å². The molecule has 0 radical (unpaired) electrons. The van der Waals surface area contributed by atoms with E-state index in [9.17, 15) is 17.6 Å². The van der Waals surface area contributed by atoms with Crippen LogP contribution in [0.2, 0.25) is 5.02 Å². The molecule has 0 saturated heterocycles. The molecule has 0 amide bonds. The first-order chi connectivity index (χ1) is 12.8. The zero-order valence-electron chi connectivity index (χ0n) is 13.9. The number of sulfonamides is 1. The van der Waals surface area contributed by atoms with E-state index >= 15 is 0 Å². The molecule has 0 aliphatic carbocycles. The number of benzene rings is 2. The van der Waals surface area contributed by atoms with E-state index in [0.717, 1.165) is 25.3 Å². The van der Waals surface area contributed by atoms with Gasteiger partial charge in [-0.2, -0.15) is 5.10 Å². The molecule has 2 aromatic carbocycles. The van der Waals surface area contributed by atoms with Crippen LogP contribution in [0.15, 0.2) is 59.8 Å². The van der Waals surface area contributed by atoms with E-state index in [4.69, 9.17) is 11.6 Å². The molecular formula is C17H13ClFN3O4S. The third-order valence-corrected chi connectivity index (χ3v) is 5.31. The summed E-state index contributed by atoms with van der Waals surface area (Å²) in [5, 5.41) is 4.48. The Balaban J connectivity index is 1.96. The van der Waals surface area contributed by atoms with Gasteiger partial charge >= 0.3 is 5.97 Å². The van der Waals surface area contributed by atoms with Gasteiger partial charge < -0.3 is 4.74 Å². The minimum Gasteiger partial charge on any atom is -0.465 e. The lowest BCUT2D eigenvalue weighted by atomic mass is 10.2. The second-order valence-corrected chi connectivity index (χ2v) is 7.42. The van der Waals surface area contributed by atoms with Gasteiger partial charge in [-0.15, -0.1) is 0 Å². The number of methoxy groups -OCH3 is 1. The summed E-state index contributed by atoms with van der Waals surface area (Å²) in [6, 6.07) is 9.63. The standard InChI is InChI=1S/C17H13ClFN3O4S/c1-26-17(23)13-7-6-11(19)8-16(13)27(24,25)21-12-9-20-22(10-12)15-5-3-2-4-14(15)18/h2-10,21H,1H3. The molecule has 0 spiro atoms. The first-order valence-corrected chi connectivity index (χ1v) is 9.38. The number of nitrogens with one attached hydrogen (secondary N) is 1. The maximum Gasteiger partial charge on any atom is 0.339 e. The van der Waals surface area contributed by atoms with E-state index in [-0.39, 0.29) is 11.3 Å². The number of hydrogen-bond acceptors (Lipinski definition) is 5. The van der Waals surface area contributed by atoms with Crippen molar-refractivity contribution in [2.24, 2.45) is 0 Å². The predicted octanol–water partition coefficient (Wildman–Crippen LogP) is 3.25. The largest absolute Gasteiger partial charge is 0.465 e. The van der Waals surface area contributed by atoms with Crippen LogP contribution < -0.4 is 4.72 Å². The Kier molecular flexibility index (Phi) is 5.15. The predicted molar refractivity (Wildman–Crippen MR) is 97.1 cm³/mol. The summed E-state index contributed by atoms with van der Waals surface area (Å²) >= 11 is 6.09. The van der Waals surface area contributed by atoms with Gasteiger partial charge in [0.2, 0.25) is 0 Å². The van der Waals surface area contributed by atoms with E-state index in [1.165, 1.54) is 17.1 Å². The van der Waals surface area contributed by atoms with E-state index in [0.29, 0.717) is 10.7 Å². The van der Waals surface area contributed by atoms with Gasteiger partial charge in [-0.25, -0.2) is 22.3 Å². The molecular weight excluding hydrogens is 397 g/mol. The van der Waals surface area contributed by atoms with E-state index < -0.39 is 26.7 Å². The van der Waals surface area contributed by atoms with Crippen LogP contribution in [-0.2, 0) is 14.8 Å². The summed E-state index contributed by atoms with van der Waals surface area (Å²) < 4.78 is 47.1. The van der Waals surface area contributed by atoms with E-state index in [1.54, 1.807) is 24.3 Å². The van der Waals surface area contributed by atoms with E-state index in [2.05, 4.69) is 14.6 Å². The number of esters is 1. The summed E-state index contributed by atoms with van der Waals surface area (Å²) in [6.07, 6.45) is 2.66. The number of anilines is 1. The molecule has 7 nitrogen and oxygen atoms in total. The summed E-state index contributed by atoms with van der Waals surface area (Å²) in [5.74, 6) is -1.71. The van der Waals surface area contributed by atoms with Crippen LogP contribution in [0.1, 0.15) is 10.4 Å². The van der Waals surface area contributed by atoms with E-state index in [1.807, 2.05) is 0 Å². The quantitative estimate of drug-likeness (QED) is 0.653. The highest BCUT2D eigenvalue weighted by molar-refractivity contribution is 7.92. The SMILES string of the molecule is COC(=O)c1ccc(F)cc1S(=O)(=O)Nc1cnn(-c2ccccc2Cl)c1. The molecule has 0 aliphatic rings. The molecule has 140 valence electrons. The zero-order valence-corrected chi connectivity index (χ0v) is 15.5. The van der Waals surface area contributed by atoms with Crippen molar-refractivity contribution in [3.05, 3.63) is 71.3 Å². The van der Waals surface area contributed by atoms with Crippen molar-refractivity contribution < 1.29 is 22.3 Å². The fourth-order valence-electron chi connectivity index (χ4n) is 2.35. The van der Waals surface area contributed by atoms with Crippen LogP contribution in [0.3, 0.4) is 0 Å². The van der Waals surface area contributed by atoms with Crippen molar-refractivity contribution in [3.63, 3.8) is 0 Å². The van der Waals surface area contributed by atoms with Crippen LogP contribution in [0, 0.1) is 5.82 Å². The number of carbonyl (C=O) groups excluding carboxylic acids is 1. The number of rotatable bonds is 5. The molecule has 1 aromatic heterocycles. The van der Waals surface area contributed by atoms with Crippen LogP contribution >= 0.6 is 11.6 Å². The number of hydrogen-bond donors (Lipinski definition) is 1. The van der Waals surface area contributed by atoms with Gasteiger partial charge in [0.25, 0.3) is 10.0 Å². The Morgan fingerprint density at radius 2 is 2.00 bits per heavy atom. The highest BCUT2D eigenvalue weighted by Gasteiger charge is 2.24. The monoisotopic (exact) mass is 409 g/mol. The number of ether oxygens (including phenoxy) is 1. The fraction of sp³-hybridized carbons (Fsp3) is 0.0588. The minimum atomic E-state index is -4.28. The average Bonchev–Trinajstić information content (AvgIpc) is 3.09. The summed E-state index contributed by atoms with van der Waals surface area (Å²) in [7, 11) is -3.18. The van der Waals surface area contributed by atoms with Gasteiger partial charge in [0.05, 0.1) is 41.5 Å². The summed E-state index contributed by atoms with van der Waals surface area (Å²) in [6.45, 7) is 0. The molecule has 0 unspecified atom stereocenters.